The summed E-state index contributed by atoms with van der Waals surface area (Å²) in [4.78, 5) is 16.5. The van der Waals surface area contributed by atoms with E-state index in [1.807, 2.05) is 5.38 Å². The van der Waals surface area contributed by atoms with Gasteiger partial charge in [-0.15, -0.1) is 11.3 Å². The second-order valence-electron chi connectivity index (χ2n) is 4.60. The molecule has 2 heterocycles. The maximum absolute atomic E-state index is 12.0. The first-order valence-electron chi connectivity index (χ1n) is 6.66. The number of hydrogen-bond acceptors (Lipinski definition) is 5. The fraction of sp³-hybridized carbons (Fsp3) is 0.429. The molecule has 2 aromatic rings. The van der Waals surface area contributed by atoms with E-state index in [1.54, 1.807) is 13.0 Å². The predicted octanol–water partition coefficient (Wildman–Crippen LogP) is 3.36. The van der Waals surface area contributed by atoms with Crippen molar-refractivity contribution in [1.29, 1.82) is 0 Å². The third-order valence-electron chi connectivity index (χ3n) is 2.99. The molecule has 0 fully saturated rings. The number of furan rings is 1. The van der Waals surface area contributed by atoms with Gasteiger partial charge in [-0.3, -0.25) is 10.1 Å². The summed E-state index contributed by atoms with van der Waals surface area (Å²) in [7, 11) is 0. The van der Waals surface area contributed by atoms with E-state index in [9.17, 15) is 4.79 Å². The van der Waals surface area contributed by atoms with Crippen molar-refractivity contribution >= 4 is 22.4 Å². The van der Waals surface area contributed by atoms with Gasteiger partial charge in [-0.05, 0) is 32.9 Å². The molecule has 2 aromatic heterocycles. The molecule has 2 rings (SSSR count). The third kappa shape index (κ3) is 3.46. The number of rotatable bonds is 6. The smallest absolute Gasteiger partial charge is 0.260 e. The molecule has 1 unspecified atom stereocenters. The average Bonchev–Trinajstić information content (AvgIpc) is 3.05. The van der Waals surface area contributed by atoms with Gasteiger partial charge in [-0.25, -0.2) is 4.98 Å². The lowest BCUT2D eigenvalue weighted by Gasteiger charge is -2.09. The number of carbonyl (C=O) groups excluding carboxylic acids is 1. The van der Waals surface area contributed by atoms with Crippen LogP contribution in [0.2, 0.25) is 0 Å². The van der Waals surface area contributed by atoms with E-state index in [1.165, 1.54) is 17.6 Å². The Kier molecular flexibility index (Phi) is 4.92. The Labute approximate surface area is 122 Å². The van der Waals surface area contributed by atoms with Crippen molar-refractivity contribution in [2.75, 3.05) is 11.9 Å². The quantitative estimate of drug-likeness (QED) is 0.857. The second kappa shape index (κ2) is 6.67. The van der Waals surface area contributed by atoms with E-state index in [0.717, 1.165) is 18.7 Å². The number of nitrogens with zero attached hydrogens (tertiary/aromatic N) is 1. The number of hydrogen-bond donors (Lipinski definition) is 2. The van der Waals surface area contributed by atoms with Crippen molar-refractivity contribution in [2.24, 2.45) is 0 Å². The van der Waals surface area contributed by atoms with Crippen LogP contribution < -0.4 is 10.6 Å². The van der Waals surface area contributed by atoms with E-state index >= 15 is 0 Å². The van der Waals surface area contributed by atoms with Gasteiger partial charge in [0.2, 0.25) is 0 Å². The maximum Gasteiger partial charge on any atom is 0.260 e. The molecule has 5 nitrogen and oxygen atoms in total. The summed E-state index contributed by atoms with van der Waals surface area (Å²) in [6, 6.07) is 1.84. The van der Waals surface area contributed by atoms with Gasteiger partial charge in [0.1, 0.15) is 5.76 Å². The van der Waals surface area contributed by atoms with Crippen molar-refractivity contribution in [2.45, 2.75) is 33.2 Å². The van der Waals surface area contributed by atoms with E-state index in [0.29, 0.717) is 16.5 Å². The normalized spacial score (nSPS) is 12.3. The third-order valence-corrected chi connectivity index (χ3v) is 3.77. The van der Waals surface area contributed by atoms with Crippen LogP contribution in [0.3, 0.4) is 0 Å². The molecule has 0 aliphatic carbocycles. The largest absolute Gasteiger partial charge is 0.469 e. The highest BCUT2D eigenvalue weighted by Gasteiger charge is 2.14. The lowest BCUT2D eigenvalue weighted by atomic mass is 10.2. The van der Waals surface area contributed by atoms with E-state index in [4.69, 9.17) is 4.42 Å². The summed E-state index contributed by atoms with van der Waals surface area (Å²) < 4.78 is 5.12. The van der Waals surface area contributed by atoms with Gasteiger partial charge < -0.3 is 9.73 Å². The summed E-state index contributed by atoms with van der Waals surface area (Å²) in [5.41, 5.74) is 1.49. The molecular formula is C14H19N3O2S. The Bertz CT molecular complexity index is 576. The van der Waals surface area contributed by atoms with E-state index in [2.05, 4.69) is 29.5 Å². The number of thiazole rings is 1. The molecule has 0 aliphatic heterocycles. The lowest BCUT2D eigenvalue weighted by Crippen LogP contribution is -2.19. The summed E-state index contributed by atoms with van der Waals surface area (Å²) >= 11 is 1.43. The van der Waals surface area contributed by atoms with Crippen LogP contribution in [0.15, 0.2) is 22.1 Å². The van der Waals surface area contributed by atoms with Crippen LogP contribution in [0.4, 0.5) is 5.13 Å². The Morgan fingerprint density at radius 2 is 2.35 bits per heavy atom. The first-order chi connectivity index (χ1) is 9.61. The minimum absolute atomic E-state index is 0.188. The van der Waals surface area contributed by atoms with Gasteiger partial charge in [0.05, 0.1) is 17.5 Å². The number of aryl methyl sites for hydroxylation is 1. The second-order valence-corrected chi connectivity index (χ2v) is 5.46. The van der Waals surface area contributed by atoms with Gasteiger partial charge in [0, 0.05) is 11.4 Å². The van der Waals surface area contributed by atoms with Gasteiger partial charge in [0.15, 0.2) is 5.13 Å². The zero-order valence-corrected chi connectivity index (χ0v) is 12.7. The molecule has 2 N–H and O–H groups in total. The van der Waals surface area contributed by atoms with Crippen LogP contribution in [-0.4, -0.2) is 17.4 Å². The lowest BCUT2D eigenvalue weighted by molar-refractivity contribution is 0.102. The number of amides is 1. The van der Waals surface area contributed by atoms with Crippen molar-refractivity contribution in [3.05, 3.63) is 34.7 Å². The molecule has 6 heteroatoms. The molecule has 1 amide bonds. The van der Waals surface area contributed by atoms with Crippen LogP contribution in [0.5, 0.6) is 0 Å². The Hall–Kier alpha value is -1.66. The van der Waals surface area contributed by atoms with Crippen LogP contribution in [0.1, 0.15) is 48.1 Å². The zero-order valence-electron chi connectivity index (χ0n) is 11.9. The number of carbonyl (C=O) groups is 1. The average molecular weight is 293 g/mol. The highest BCUT2D eigenvalue weighted by molar-refractivity contribution is 7.14. The molecule has 0 saturated carbocycles. The SMILES string of the molecule is CCCNC(C)c1csc(NC(=O)c2ccoc2C)n1. The van der Waals surface area contributed by atoms with Crippen molar-refractivity contribution < 1.29 is 9.21 Å². The molecule has 0 aromatic carbocycles. The van der Waals surface area contributed by atoms with Gasteiger partial charge >= 0.3 is 0 Å². The fourth-order valence-corrected chi connectivity index (χ4v) is 2.59. The maximum atomic E-state index is 12.0. The monoisotopic (exact) mass is 293 g/mol. The van der Waals surface area contributed by atoms with Gasteiger partial charge in [-0.2, -0.15) is 0 Å². The molecule has 108 valence electrons. The number of aromatic nitrogens is 1. The summed E-state index contributed by atoms with van der Waals surface area (Å²) in [5.74, 6) is 0.420. The molecule has 0 saturated heterocycles. The Balaban J connectivity index is 1.99. The molecule has 20 heavy (non-hydrogen) atoms. The highest BCUT2D eigenvalue weighted by atomic mass is 32.1. The molecule has 0 bridgehead atoms. The fourth-order valence-electron chi connectivity index (χ4n) is 1.79. The minimum atomic E-state index is -0.189. The standard InChI is InChI=1S/C14H19N3O2S/c1-4-6-15-9(2)12-8-20-14(16-12)17-13(18)11-5-7-19-10(11)3/h5,7-9,15H,4,6H2,1-3H3,(H,16,17,18). The van der Waals surface area contributed by atoms with Crippen LogP contribution in [0, 0.1) is 6.92 Å². The molecule has 1 atom stereocenters. The molecule has 0 aliphatic rings. The van der Waals surface area contributed by atoms with Crippen LogP contribution in [-0.2, 0) is 0 Å². The highest BCUT2D eigenvalue weighted by Crippen LogP contribution is 2.21. The molecule has 0 spiro atoms. The van der Waals surface area contributed by atoms with Crippen LogP contribution in [0.25, 0.3) is 0 Å². The van der Waals surface area contributed by atoms with Crippen molar-refractivity contribution in [1.82, 2.24) is 10.3 Å². The predicted molar refractivity (Wildman–Crippen MR) is 80.2 cm³/mol. The Morgan fingerprint density at radius 1 is 1.55 bits per heavy atom. The van der Waals surface area contributed by atoms with Gasteiger partial charge in [0.25, 0.3) is 5.91 Å². The van der Waals surface area contributed by atoms with E-state index < -0.39 is 0 Å². The summed E-state index contributed by atoms with van der Waals surface area (Å²) in [6.07, 6.45) is 2.59. The van der Waals surface area contributed by atoms with Gasteiger partial charge in [-0.1, -0.05) is 6.92 Å². The van der Waals surface area contributed by atoms with E-state index in [-0.39, 0.29) is 11.9 Å². The number of nitrogens with one attached hydrogen (secondary N) is 2. The topological polar surface area (TPSA) is 67.2 Å². The number of anilines is 1. The summed E-state index contributed by atoms with van der Waals surface area (Å²) in [6.45, 7) is 6.91. The van der Waals surface area contributed by atoms with Crippen LogP contribution >= 0.6 is 11.3 Å². The first-order valence-corrected chi connectivity index (χ1v) is 7.54. The molecule has 0 radical (unpaired) electrons. The van der Waals surface area contributed by atoms with Crippen molar-refractivity contribution in [3.63, 3.8) is 0 Å². The zero-order chi connectivity index (χ0) is 14.5. The first kappa shape index (κ1) is 14.7. The summed E-state index contributed by atoms with van der Waals surface area (Å²) in [5, 5.41) is 8.74. The Morgan fingerprint density at radius 3 is 3.00 bits per heavy atom. The minimum Gasteiger partial charge on any atom is -0.469 e. The van der Waals surface area contributed by atoms with Crippen molar-refractivity contribution in [3.8, 4) is 0 Å². The molecular weight excluding hydrogens is 274 g/mol.